The van der Waals surface area contributed by atoms with Crippen LogP contribution in [-0.2, 0) is 0 Å². The Balaban J connectivity index is 1.98. The number of nitrogens with zero attached hydrogens (tertiary/aromatic N) is 3. The van der Waals surface area contributed by atoms with E-state index in [-0.39, 0.29) is 24.0 Å². The average Bonchev–Trinajstić information content (AvgIpc) is 3.15. The Morgan fingerprint density at radius 2 is 1.89 bits per heavy atom. The number of hydrogen-bond acceptors (Lipinski definition) is 6. The molecule has 0 aromatic heterocycles. The number of rotatable bonds is 1. The third kappa shape index (κ3) is 2.29. The van der Waals surface area contributed by atoms with Gasteiger partial charge in [0.2, 0.25) is 6.79 Å². The van der Waals surface area contributed by atoms with Gasteiger partial charge in [-0.1, -0.05) is 19.1 Å². The molecule has 6 nitrogen and oxygen atoms in total. The van der Waals surface area contributed by atoms with E-state index in [9.17, 15) is 15.8 Å². The second-order valence-electron chi connectivity index (χ2n) is 7.37. The summed E-state index contributed by atoms with van der Waals surface area (Å²) >= 11 is 0. The molecule has 6 heteroatoms. The molecule has 0 fully saturated rings. The van der Waals surface area contributed by atoms with Crippen LogP contribution in [0.4, 0.5) is 0 Å². The highest BCUT2D eigenvalue weighted by molar-refractivity contribution is 5.60. The first kappa shape index (κ1) is 17.0. The lowest BCUT2D eigenvalue weighted by Gasteiger charge is -2.44. The highest BCUT2D eigenvalue weighted by Crippen LogP contribution is 2.57. The maximum Gasteiger partial charge on any atom is 0.231 e. The van der Waals surface area contributed by atoms with Gasteiger partial charge in [0, 0.05) is 5.92 Å². The maximum atomic E-state index is 10.0. The maximum absolute atomic E-state index is 10.0. The summed E-state index contributed by atoms with van der Waals surface area (Å²) in [6.45, 7) is 2.29. The van der Waals surface area contributed by atoms with Crippen molar-refractivity contribution in [1.29, 1.82) is 15.8 Å². The molecule has 0 unspecified atom stereocenters. The zero-order valence-corrected chi connectivity index (χ0v) is 14.9. The van der Waals surface area contributed by atoms with Gasteiger partial charge in [-0.05, 0) is 47.9 Å². The van der Waals surface area contributed by atoms with Crippen LogP contribution >= 0.6 is 0 Å². The van der Waals surface area contributed by atoms with Gasteiger partial charge in [-0.2, -0.15) is 15.8 Å². The monoisotopic (exact) mass is 358 g/mol. The van der Waals surface area contributed by atoms with Crippen molar-refractivity contribution in [2.24, 2.45) is 23.0 Å². The Morgan fingerprint density at radius 1 is 1.15 bits per heavy atom. The van der Waals surface area contributed by atoms with Crippen LogP contribution in [-0.4, -0.2) is 6.79 Å². The van der Waals surface area contributed by atoms with E-state index in [0.717, 1.165) is 24.0 Å². The van der Waals surface area contributed by atoms with Crippen molar-refractivity contribution in [1.82, 2.24) is 0 Å². The van der Waals surface area contributed by atoms with Crippen molar-refractivity contribution in [2.45, 2.75) is 25.7 Å². The van der Waals surface area contributed by atoms with E-state index in [1.807, 2.05) is 18.2 Å². The number of nitriles is 3. The van der Waals surface area contributed by atoms with Gasteiger partial charge in [0.15, 0.2) is 16.9 Å². The quantitative estimate of drug-likeness (QED) is 0.823. The van der Waals surface area contributed by atoms with Gasteiger partial charge in [0.25, 0.3) is 0 Å². The van der Waals surface area contributed by atoms with E-state index in [4.69, 9.17) is 15.2 Å². The summed E-state index contributed by atoms with van der Waals surface area (Å²) < 4.78 is 10.9. The fourth-order valence-electron chi connectivity index (χ4n) is 4.56. The lowest BCUT2D eigenvalue weighted by Crippen LogP contribution is -2.43. The van der Waals surface area contributed by atoms with Crippen molar-refractivity contribution in [2.75, 3.05) is 6.79 Å². The fraction of sp³-hybridized carbons (Fsp3) is 0.381. The van der Waals surface area contributed by atoms with Crippen LogP contribution in [0.1, 0.15) is 31.2 Å². The zero-order chi connectivity index (χ0) is 19.2. The standard InChI is InChI=1S/C21H18N4O2/c1-12-2-4-14-15(6-12)19(13-3-5-17-18(7-13)27-11-26-17)21(9-23,10-24)20(25)16(14)8-22/h3-5,7,12,15,19H,2,6,11,25H2,1H3/t12-,15-,19-/m1/s1. The molecule has 0 radical (unpaired) electrons. The van der Waals surface area contributed by atoms with E-state index in [0.29, 0.717) is 17.4 Å². The summed E-state index contributed by atoms with van der Waals surface area (Å²) in [5.41, 5.74) is 6.68. The van der Waals surface area contributed by atoms with Crippen LogP contribution in [0.5, 0.6) is 11.5 Å². The van der Waals surface area contributed by atoms with Crippen LogP contribution in [0.25, 0.3) is 0 Å². The van der Waals surface area contributed by atoms with Gasteiger partial charge in [0.1, 0.15) is 6.07 Å². The van der Waals surface area contributed by atoms with E-state index in [2.05, 4.69) is 25.1 Å². The van der Waals surface area contributed by atoms with Crippen molar-refractivity contribution in [3.8, 4) is 29.7 Å². The van der Waals surface area contributed by atoms with E-state index in [1.54, 1.807) is 6.07 Å². The van der Waals surface area contributed by atoms with Crippen LogP contribution in [0.3, 0.4) is 0 Å². The van der Waals surface area contributed by atoms with Gasteiger partial charge in [-0.15, -0.1) is 0 Å². The lowest BCUT2D eigenvalue weighted by molar-refractivity contribution is 0.174. The lowest BCUT2D eigenvalue weighted by atomic mass is 9.56. The van der Waals surface area contributed by atoms with Gasteiger partial charge >= 0.3 is 0 Å². The molecule has 1 aromatic rings. The van der Waals surface area contributed by atoms with Gasteiger partial charge in [0.05, 0.1) is 23.4 Å². The third-order valence-corrected chi connectivity index (χ3v) is 5.87. The minimum absolute atomic E-state index is 0.0507. The fourth-order valence-corrected chi connectivity index (χ4v) is 4.56. The molecule has 27 heavy (non-hydrogen) atoms. The van der Waals surface area contributed by atoms with Crippen LogP contribution in [0, 0.1) is 51.2 Å². The van der Waals surface area contributed by atoms with Crippen molar-refractivity contribution in [3.05, 3.63) is 46.7 Å². The molecule has 0 spiro atoms. The second kappa shape index (κ2) is 6.08. The Bertz CT molecular complexity index is 988. The summed E-state index contributed by atoms with van der Waals surface area (Å²) in [5.74, 6) is 1.02. The predicted molar refractivity (Wildman–Crippen MR) is 95.8 cm³/mol. The summed E-state index contributed by atoms with van der Waals surface area (Å²) in [4.78, 5) is 0. The van der Waals surface area contributed by atoms with Crippen molar-refractivity contribution < 1.29 is 9.47 Å². The molecular formula is C21H18N4O2. The first-order valence-corrected chi connectivity index (χ1v) is 8.88. The first-order chi connectivity index (χ1) is 13.1. The number of nitrogens with two attached hydrogens (primary N) is 1. The Kier molecular flexibility index (Phi) is 3.83. The molecule has 134 valence electrons. The number of allylic oxidation sites excluding steroid dienone is 4. The highest BCUT2D eigenvalue weighted by atomic mass is 16.7. The molecule has 1 aromatic carbocycles. The summed E-state index contributed by atoms with van der Waals surface area (Å²) in [7, 11) is 0. The van der Waals surface area contributed by atoms with E-state index in [1.165, 1.54) is 0 Å². The number of benzene rings is 1. The number of hydrogen-bond donors (Lipinski definition) is 1. The molecule has 3 atom stereocenters. The van der Waals surface area contributed by atoms with Crippen LogP contribution in [0.15, 0.2) is 41.1 Å². The normalized spacial score (nSPS) is 27.6. The molecule has 4 rings (SSSR count). The van der Waals surface area contributed by atoms with E-state index >= 15 is 0 Å². The van der Waals surface area contributed by atoms with Gasteiger partial charge in [-0.25, -0.2) is 0 Å². The van der Waals surface area contributed by atoms with Crippen LogP contribution < -0.4 is 15.2 Å². The molecule has 0 amide bonds. The van der Waals surface area contributed by atoms with E-state index < -0.39 is 11.3 Å². The number of fused-ring (bicyclic) bond motifs is 2. The molecular weight excluding hydrogens is 340 g/mol. The van der Waals surface area contributed by atoms with Gasteiger partial charge < -0.3 is 15.2 Å². The minimum Gasteiger partial charge on any atom is -0.454 e. The van der Waals surface area contributed by atoms with Crippen LogP contribution in [0.2, 0.25) is 0 Å². The molecule has 0 saturated carbocycles. The summed E-state index contributed by atoms with van der Waals surface area (Å²) in [6.07, 6.45) is 3.68. The smallest absolute Gasteiger partial charge is 0.231 e. The summed E-state index contributed by atoms with van der Waals surface area (Å²) in [6, 6.07) is 11.9. The number of ether oxygens (including phenoxy) is 2. The Hall–Kier alpha value is -3.43. The SMILES string of the molecule is C[C@@H]1CC=C2C(C#N)=C(N)C(C#N)(C#N)[C@H](c3ccc4c(c3)OCO4)[C@@H]2C1. The summed E-state index contributed by atoms with van der Waals surface area (Å²) in [5, 5.41) is 29.8. The average molecular weight is 358 g/mol. The zero-order valence-electron chi connectivity index (χ0n) is 14.9. The molecule has 1 heterocycles. The largest absolute Gasteiger partial charge is 0.454 e. The first-order valence-electron chi connectivity index (χ1n) is 8.88. The topological polar surface area (TPSA) is 116 Å². The predicted octanol–water partition coefficient (Wildman–Crippen LogP) is 3.25. The van der Waals surface area contributed by atoms with Gasteiger partial charge in [-0.3, -0.25) is 0 Å². The minimum atomic E-state index is -1.60. The molecule has 2 aliphatic carbocycles. The molecule has 0 saturated heterocycles. The highest BCUT2D eigenvalue weighted by Gasteiger charge is 2.54. The third-order valence-electron chi connectivity index (χ3n) is 5.87. The van der Waals surface area contributed by atoms with Crippen molar-refractivity contribution >= 4 is 0 Å². The molecule has 1 aliphatic heterocycles. The molecule has 0 bridgehead atoms. The second-order valence-corrected chi connectivity index (χ2v) is 7.37. The molecule has 3 aliphatic rings. The van der Waals surface area contributed by atoms with Crippen molar-refractivity contribution in [3.63, 3.8) is 0 Å². The molecule has 2 N–H and O–H groups in total. The Morgan fingerprint density at radius 3 is 2.59 bits per heavy atom. The Labute approximate surface area is 157 Å².